The molecule has 0 radical (unpaired) electrons. The highest BCUT2D eigenvalue weighted by Crippen LogP contribution is 2.17. The molecule has 0 aromatic carbocycles. The molecule has 0 saturated carbocycles. The van der Waals surface area contributed by atoms with E-state index in [-0.39, 0.29) is 18.5 Å². The van der Waals surface area contributed by atoms with Gasteiger partial charge in [-0.3, -0.25) is 9.59 Å². The normalized spacial score (nSPS) is 13.0. The number of esters is 1. The van der Waals surface area contributed by atoms with Crippen molar-refractivity contribution in [2.75, 3.05) is 13.2 Å². The summed E-state index contributed by atoms with van der Waals surface area (Å²) in [4.78, 5) is 24.6. The van der Waals surface area contributed by atoms with Gasteiger partial charge in [-0.2, -0.15) is 0 Å². The Morgan fingerprint density at radius 2 is 0.707 bits per heavy atom. The van der Waals surface area contributed by atoms with E-state index < -0.39 is 12.1 Å². The van der Waals surface area contributed by atoms with Crippen LogP contribution in [-0.2, 0) is 14.3 Å². The molecule has 2 unspecified atom stereocenters. The number of carbonyl (C=O) groups is 2. The average Bonchev–Trinajstić information content (AvgIpc) is 3.41. The van der Waals surface area contributed by atoms with E-state index in [2.05, 4.69) is 67.8 Å². The number of aliphatic hydroxyl groups excluding tert-OH is 2. The standard InChI is InChI=1S/C69H127NO5/c1-3-5-7-9-11-13-15-17-19-20-21-22-23-24-25-27-30-34-37-41-45-49-53-57-61-67(72)66(65-71)70-68(73)62-58-54-50-46-42-38-35-31-28-26-29-32-36-40-44-48-52-56-60-64-75-69(74)63-59-55-51-47-43-39-33-18-16-14-12-10-8-6-4-2/h12,14,18,32-33,36,40,44,57,61,66-67,71-72H,3-11,13,15-17,19-31,34-35,37-39,41-43,45-56,58-60,62-65H2,1-2H3,(H,70,73)/b14-12-,33-18-,36-32-,44-40-,61-57+. The van der Waals surface area contributed by atoms with E-state index in [9.17, 15) is 19.8 Å². The number of hydrogen-bond acceptors (Lipinski definition) is 5. The minimum atomic E-state index is -0.855. The predicted molar refractivity (Wildman–Crippen MR) is 328 cm³/mol. The lowest BCUT2D eigenvalue weighted by Crippen LogP contribution is -2.45. The Hall–Kier alpha value is -2.44. The number of rotatable bonds is 61. The summed E-state index contributed by atoms with van der Waals surface area (Å²) in [7, 11) is 0. The van der Waals surface area contributed by atoms with Gasteiger partial charge in [0.15, 0.2) is 0 Å². The second kappa shape index (κ2) is 64.1. The van der Waals surface area contributed by atoms with Crippen LogP contribution in [0.3, 0.4) is 0 Å². The van der Waals surface area contributed by atoms with Crippen molar-refractivity contribution in [3.8, 4) is 0 Å². The second-order valence-corrected chi connectivity index (χ2v) is 22.5. The van der Waals surface area contributed by atoms with Crippen molar-refractivity contribution in [3.05, 3.63) is 60.8 Å². The molecule has 0 aliphatic carbocycles. The van der Waals surface area contributed by atoms with Crippen LogP contribution in [0.4, 0.5) is 0 Å². The fourth-order valence-electron chi connectivity index (χ4n) is 9.95. The molecule has 0 bridgehead atoms. The molecule has 0 aliphatic rings. The van der Waals surface area contributed by atoms with Crippen molar-refractivity contribution < 1.29 is 24.5 Å². The van der Waals surface area contributed by atoms with Crippen molar-refractivity contribution in [1.29, 1.82) is 0 Å². The molecule has 438 valence electrons. The van der Waals surface area contributed by atoms with Crippen LogP contribution in [0.2, 0.25) is 0 Å². The first-order chi connectivity index (χ1) is 37.0. The molecule has 6 nitrogen and oxygen atoms in total. The van der Waals surface area contributed by atoms with E-state index in [1.807, 2.05) is 6.08 Å². The third-order valence-corrected chi connectivity index (χ3v) is 15.0. The first-order valence-corrected chi connectivity index (χ1v) is 33.1. The largest absolute Gasteiger partial charge is 0.466 e. The smallest absolute Gasteiger partial charge is 0.305 e. The molecule has 0 saturated heterocycles. The summed E-state index contributed by atoms with van der Waals surface area (Å²) < 4.78 is 5.45. The fourth-order valence-corrected chi connectivity index (χ4v) is 9.95. The molecule has 0 aromatic heterocycles. The van der Waals surface area contributed by atoms with Gasteiger partial charge in [-0.05, 0) is 96.3 Å². The summed E-state index contributed by atoms with van der Waals surface area (Å²) in [6.45, 7) is 4.85. The SMILES string of the molecule is CCCCC/C=C\C/C=C\CCCCCCCC(=O)OCCCCC/C=C\C=C/CCCCCCCCCCCCC(=O)NC(CO)C(O)/C=C/CCCCCCCCCCCCCCCCCCCCCCCC. The van der Waals surface area contributed by atoms with Crippen molar-refractivity contribution in [2.45, 2.75) is 353 Å². The van der Waals surface area contributed by atoms with Crippen LogP contribution in [0, 0.1) is 0 Å². The zero-order valence-electron chi connectivity index (χ0n) is 50.0. The lowest BCUT2D eigenvalue weighted by molar-refractivity contribution is -0.143. The molecule has 2 atom stereocenters. The summed E-state index contributed by atoms with van der Waals surface area (Å²) in [5, 5.41) is 23.2. The predicted octanol–water partition coefficient (Wildman–Crippen LogP) is 21.1. The van der Waals surface area contributed by atoms with Gasteiger partial charge in [-0.25, -0.2) is 0 Å². The van der Waals surface area contributed by atoms with Crippen LogP contribution in [-0.4, -0.2) is 47.4 Å². The summed E-state index contributed by atoms with van der Waals surface area (Å²) in [5.41, 5.74) is 0. The highest BCUT2D eigenvalue weighted by molar-refractivity contribution is 5.76. The number of carbonyl (C=O) groups excluding carboxylic acids is 2. The molecule has 0 heterocycles. The van der Waals surface area contributed by atoms with Crippen LogP contribution in [0.5, 0.6) is 0 Å². The molecule has 1 amide bonds. The number of ether oxygens (including phenoxy) is 1. The van der Waals surface area contributed by atoms with Crippen molar-refractivity contribution in [2.24, 2.45) is 0 Å². The van der Waals surface area contributed by atoms with Gasteiger partial charge in [0.2, 0.25) is 5.91 Å². The highest BCUT2D eigenvalue weighted by Gasteiger charge is 2.18. The maximum Gasteiger partial charge on any atom is 0.305 e. The Labute approximate surface area is 467 Å². The number of aliphatic hydroxyl groups is 2. The van der Waals surface area contributed by atoms with Gasteiger partial charge < -0.3 is 20.3 Å². The van der Waals surface area contributed by atoms with Gasteiger partial charge >= 0.3 is 5.97 Å². The van der Waals surface area contributed by atoms with Crippen molar-refractivity contribution >= 4 is 11.9 Å². The molecule has 75 heavy (non-hydrogen) atoms. The zero-order chi connectivity index (χ0) is 54.3. The Morgan fingerprint density at radius 3 is 1.12 bits per heavy atom. The van der Waals surface area contributed by atoms with Crippen molar-refractivity contribution in [3.63, 3.8) is 0 Å². The van der Waals surface area contributed by atoms with Gasteiger partial charge in [-0.15, -0.1) is 0 Å². The number of amides is 1. The van der Waals surface area contributed by atoms with Gasteiger partial charge in [-0.1, -0.05) is 293 Å². The molecular weight excluding hydrogens is 923 g/mol. The minimum absolute atomic E-state index is 0.0283. The van der Waals surface area contributed by atoms with Gasteiger partial charge in [0, 0.05) is 12.8 Å². The lowest BCUT2D eigenvalue weighted by Gasteiger charge is -2.20. The number of allylic oxidation sites excluding steroid dienone is 9. The third kappa shape index (κ3) is 60.6. The molecule has 0 aliphatic heterocycles. The molecule has 3 N–H and O–H groups in total. The lowest BCUT2D eigenvalue weighted by atomic mass is 10.0. The van der Waals surface area contributed by atoms with Crippen LogP contribution < -0.4 is 5.32 Å². The van der Waals surface area contributed by atoms with E-state index in [0.717, 1.165) is 89.9 Å². The third-order valence-electron chi connectivity index (χ3n) is 15.0. The Morgan fingerprint density at radius 1 is 0.387 bits per heavy atom. The van der Waals surface area contributed by atoms with E-state index in [4.69, 9.17) is 4.74 Å². The summed E-state index contributed by atoms with van der Waals surface area (Å²) in [5.74, 6) is -0.104. The quantitative estimate of drug-likeness (QED) is 0.0244. The molecule has 0 fully saturated rings. The summed E-state index contributed by atoms with van der Waals surface area (Å²) >= 11 is 0. The van der Waals surface area contributed by atoms with Crippen LogP contribution >= 0.6 is 0 Å². The molecule has 6 heteroatoms. The van der Waals surface area contributed by atoms with E-state index >= 15 is 0 Å². The van der Waals surface area contributed by atoms with Crippen LogP contribution in [0.1, 0.15) is 341 Å². The monoisotopic (exact) mass is 1050 g/mol. The number of nitrogens with one attached hydrogen (secondary N) is 1. The van der Waals surface area contributed by atoms with Gasteiger partial charge in [0.25, 0.3) is 0 Å². The van der Waals surface area contributed by atoms with E-state index in [1.165, 1.54) is 225 Å². The Kier molecular flexibility index (Phi) is 62.0. The summed E-state index contributed by atoms with van der Waals surface area (Å²) in [6.07, 6.45) is 84.1. The van der Waals surface area contributed by atoms with E-state index in [0.29, 0.717) is 19.4 Å². The van der Waals surface area contributed by atoms with Crippen LogP contribution in [0.15, 0.2) is 60.8 Å². The maximum atomic E-state index is 12.5. The number of unbranched alkanes of at least 4 members (excludes halogenated alkanes) is 43. The van der Waals surface area contributed by atoms with Gasteiger partial charge in [0.1, 0.15) is 0 Å². The average molecular weight is 1050 g/mol. The highest BCUT2D eigenvalue weighted by atomic mass is 16.5. The molecule has 0 spiro atoms. The maximum absolute atomic E-state index is 12.5. The van der Waals surface area contributed by atoms with Gasteiger partial charge in [0.05, 0.1) is 25.4 Å². The molecular formula is C69H127NO5. The Bertz CT molecular complexity index is 1300. The topological polar surface area (TPSA) is 95.9 Å². The molecule has 0 rings (SSSR count). The van der Waals surface area contributed by atoms with Crippen LogP contribution in [0.25, 0.3) is 0 Å². The number of hydrogen-bond donors (Lipinski definition) is 3. The fraction of sp³-hybridized carbons (Fsp3) is 0.826. The Balaban J connectivity index is 3.51. The van der Waals surface area contributed by atoms with Crippen molar-refractivity contribution in [1.82, 2.24) is 5.32 Å². The van der Waals surface area contributed by atoms with E-state index in [1.54, 1.807) is 6.08 Å². The summed E-state index contributed by atoms with van der Waals surface area (Å²) in [6, 6.07) is -0.639. The first kappa shape index (κ1) is 72.6. The molecule has 0 aromatic rings. The zero-order valence-corrected chi connectivity index (χ0v) is 50.0. The second-order valence-electron chi connectivity index (χ2n) is 22.5. The minimum Gasteiger partial charge on any atom is -0.466 e. The first-order valence-electron chi connectivity index (χ1n) is 33.1.